The predicted molar refractivity (Wildman–Crippen MR) is 108 cm³/mol. The van der Waals surface area contributed by atoms with E-state index in [2.05, 4.69) is 10.0 Å². The Balaban J connectivity index is 1.74. The average molecular weight is 460 g/mol. The van der Waals surface area contributed by atoms with Crippen LogP contribution in [0.2, 0.25) is 5.02 Å². The summed E-state index contributed by atoms with van der Waals surface area (Å²) >= 11 is 6.95. The summed E-state index contributed by atoms with van der Waals surface area (Å²) in [7, 11) is -2.44. The van der Waals surface area contributed by atoms with Gasteiger partial charge in [-0.25, -0.2) is 8.42 Å². The molecule has 2 rings (SSSR count). The zero-order valence-corrected chi connectivity index (χ0v) is 17.6. The fraction of sp³-hybridized carbons (Fsp3) is 0.235. The predicted octanol–water partition coefficient (Wildman–Crippen LogP) is 1.32. The van der Waals surface area contributed by atoms with Gasteiger partial charge in [-0.2, -0.15) is 4.72 Å². The van der Waals surface area contributed by atoms with E-state index in [9.17, 15) is 22.8 Å². The first-order valence-electron chi connectivity index (χ1n) is 8.16. The first-order chi connectivity index (χ1) is 13.7. The molecule has 29 heavy (non-hydrogen) atoms. The Morgan fingerprint density at radius 3 is 2.55 bits per heavy atom. The minimum atomic E-state index is -3.81. The van der Waals surface area contributed by atoms with E-state index in [0.717, 1.165) is 16.2 Å². The molecule has 0 bridgehead atoms. The van der Waals surface area contributed by atoms with Crippen LogP contribution in [0.15, 0.2) is 46.0 Å². The van der Waals surface area contributed by atoms with Gasteiger partial charge in [-0.15, -0.1) is 11.3 Å². The number of hydrogen-bond donors (Lipinski definition) is 2. The Bertz CT molecular complexity index is 979. The summed E-state index contributed by atoms with van der Waals surface area (Å²) in [5.74, 6) is -2.04. The molecule has 0 atom stereocenters. The summed E-state index contributed by atoms with van der Waals surface area (Å²) in [6, 6.07) is 9.59. The number of hydrogen-bond acceptors (Lipinski definition) is 7. The standard InChI is InChI=1S/C17H18ClN3O6S2/c1-21(10-14(22)20-13-6-3-2-5-12(13)18)15(23)11-27-16(24)9-19-29(25,26)17-7-4-8-28-17/h2-8,19H,9-11H2,1H3,(H,20,22). The minimum absolute atomic E-state index is 0.0608. The Kier molecular flexibility index (Phi) is 8.14. The monoisotopic (exact) mass is 459 g/mol. The van der Waals surface area contributed by atoms with E-state index in [0.29, 0.717) is 10.7 Å². The summed E-state index contributed by atoms with van der Waals surface area (Å²) in [4.78, 5) is 36.7. The van der Waals surface area contributed by atoms with Crippen LogP contribution in [0.4, 0.5) is 5.69 Å². The Morgan fingerprint density at radius 1 is 1.17 bits per heavy atom. The third kappa shape index (κ3) is 7.13. The number of thiophene rings is 1. The lowest BCUT2D eigenvalue weighted by Crippen LogP contribution is -2.38. The van der Waals surface area contributed by atoms with Crippen molar-refractivity contribution < 1.29 is 27.5 Å². The first kappa shape index (κ1) is 22.8. The highest BCUT2D eigenvalue weighted by Gasteiger charge is 2.19. The molecule has 2 amide bonds. The molecule has 0 aliphatic carbocycles. The lowest BCUT2D eigenvalue weighted by atomic mass is 10.3. The van der Waals surface area contributed by atoms with Crippen LogP contribution in [0, 0.1) is 0 Å². The number of carbonyl (C=O) groups excluding carboxylic acids is 3. The van der Waals surface area contributed by atoms with Crippen molar-refractivity contribution in [3.05, 3.63) is 46.8 Å². The van der Waals surface area contributed by atoms with E-state index in [1.165, 1.54) is 13.1 Å². The number of amides is 2. The minimum Gasteiger partial charge on any atom is -0.455 e. The molecule has 9 nitrogen and oxygen atoms in total. The van der Waals surface area contributed by atoms with Crippen LogP contribution in [0.25, 0.3) is 0 Å². The van der Waals surface area contributed by atoms with Gasteiger partial charge in [0.2, 0.25) is 5.91 Å². The smallest absolute Gasteiger partial charge is 0.321 e. The quantitative estimate of drug-likeness (QED) is 0.545. The van der Waals surface area contributed by atoms with Gasteiger partial charge in [0.25, 0.3) is 15.9 Å². The molecule has 0 saturated heterocycles. The van der Waals surface area contributed by atoms with Crippen LogP contribution < -0.4 is 10.0 Å². The van der Waals surface area contributed by atoms with Gasteiger partial charge in [-0.1, -0.05) is 29.8 Å². The SMILES string of the molecule is CN(CC(=O)Nc1ccccc1Cl)C(=O)COC(=O)CNS(=O)(=O)c1cccs1. The van der Waals surface area contributed by atoms with Crippen molar-refractivity contribution in [3.63, 3.8) is 0 Å². The number of benzene rings is 1. The average Bonchev–Trinajstić information content (AvgIpc) is 3.22. The maximum Gasteiger partial charge on any atom is 0.321 e. The third-order valence-corrected chi connectivity index (χ3v) is 6.61. The van der Waals surface area contributed by atoms with E-state index in [4.69, 9.17) is 16.3 Å². The molecule has 2 aromatic rings. The first-order valence-corrected chi connectivity index (χ1v) is 10.9. The largest absolute Gasteiger partial charge is 0.455 e. The number of likely N-dealkylation sites (N-methyl/N-ethyl adjacent to an activating group) is 1. The van der Waals surface area contributed by atoms with Crippen molar-refractivity contribution in [3.8, 4) is 0 Å². The summed E-state index contributed by atoms with van der Waals surface area (Å²) in [6.45, 7) is -1.54. The van der Waals surface area contributed by atoms with Crippen LogP contribution in [0.3, 0.4) is 0 Å². The number of ether oxygens (including phenoxy) is 1. The second-order valence-corrected chi connectivity index (χ2v) is 9.04. The number of nitrogens with zero attached hydrogens (tertiary/aromatic N) is 1. The van der Waals surface area contributed by atoms with Gasteiger partial charge in [0.1, 0.15) is 10.8 Å². The topological polar surface area (TPSA) is 122 Å². The maximum atomic E-state index is 12.0. The van der Waals surface area contributed by atoms with Gasteiger partial charge in [-0.3, -0.25) is 14.4 Å². The third-order valence-electron chi connectivity index (χ3n) is 3.48. The van der Waals surface area contributed by atoms with Crippen molar-refractivity contribution in [1.82, 2.24) is 9.62 Å². The Morgan fingerprint density at radius 2 is 1.90 bits per heavy atom. The lowest BCUT2D eigenvalue weighted by molar-refractivity contribution is -0.150. The highest BCUT2D eigenvalue weighted by atomic mass is 35.5. The number of esters is 1. The van der Waals surface area contributed by atoms with Crippen molar-refractivity contribution in [2.75, 3.05) is 32.1 Å². The van der Waals surface area contributed by atoms with Crippen LogP contribution in [0.1, 0.15) is 0 Å². The summed E-state index contributed by atoms with van der Waals surface area (Å²) in [6.07, 6.45) is 0. The molecule has 1 aromatic carbocycles. The number of carbonyl (C=O) groups is 3. The normalized spacial score (nSPS) is 11.0. The summed E-state index contributed by atoms with van der Waals surface area (Å²) < 4.78 is 30.7. The van der Waals surface area contributed by atoms with E-state index in [1.54, 1.807) is 35.7 Å². The van der Waals surface area contributed by atoms with E-state index in [-0.39, 0.29) is 10.8 Å². The highest BCUT2D eigenvalue weighted by Crippen LogP contribution is 2.20. The molecule has 0 aliphatic rings. The van der Waals surface area contributed by atoms with Gasteiger partial charge in [-0.05, 0) is 23.6 Å². The number of nitrogens with one attached hydrogen (secondary N) is 2. The molecule has 1 aromatic heterocycles. The van der Waals surface area contributed by atoms with E-state index in [1.807, 2.05) is 0 Å². The van der Waals surface area contributed by atoms with Crippen LogP contribution in [0.5, 0.6) is 0 Å². The van der Waals surface area contributed by atoms with Gasteiger partial charge < -0.3 is 15.0 Å². The van der Waals surface area contributed by atoms with Crippen molar-refractivity contribution >= 4 is 56.4 Å². The molecular formula is C17H18ClN3O6S2. The zero-order chi connectivity index (χ0) is 21.4. The summed E-state index contributed by atoms with van der Waals surface area (Å²) in [5, 5.41) is 4.50. The molecule has 156 valence electrons. The van der Waals surface area contributed by atoms with Crippen LogP contribution in [-0.2, 0) is 29.1 Å². The summed E-state index contributed by atoms with van der Waals surface area (Å²) in [5.41, 5.74) is 0.407. The number of anilines is 1. The van der Waals surface area contributed by atoms with E-state index < -0.39 is 41.0 Å². The molecule has 1 heterocycles. The second-order valence-electron chi connectivity index (χ2n) is 5.70. The molecule has 0 aliphatic heterocycles. The number of rotatable bonds is 9. The molecule has 0 spiro atoms. The molecule has 0 radical (unpaired) electrons. The van der Waals surface area contributed by atoms with Crippen molar-refractivity contribution in [1.29, 1.82) is 0 Å². The highest BCUT2D eigenvalue weighted by molar-refractivity contribution is 7.91. The Labute approximate surface area is 176 Å². The molecule has 2 N–H and O–H groups in total. The number of para-hydroxylation sites is 1. The molecule has 12 heteroatoms. The van der Waals surface area contributed by atoms with Crippen LogP contribution in [-0.4, -0.2) is 57.8 Å². The number of halogens is 1. The molecule has 0 saturated carbocycles. The van der Waals surface area contributed by atoms with Crippen molar-refractivity contribution in [2.45, 2.75) is 4.21 Å². The van der Waals surface area contributed by atoms with Gasteiger partial charge >= 0.3 is 5.97 Å². The Hall–Kier alpha value is -2.47. The van der Waals surface area contributed by atoms with Gasteiger partial charge in [0.15, 0.2) is 6.61 Å². The lowest BCUT2D eigenvalue weighted by Gasteiger charge is -2.17. The van der Waals surface area contributed by atoms with Crippen molar-refractivity contribution in [2.24, 2.45) is 0 Å². The fourth-order valence-corrected chi connectivity index (χ4v) is 4.19. The molecule has 0 fully saturated rings. The molecule has 0 unspecified atom stereocenters. The fourth-order valence-electron chi connectivity index (χ4n) is 2.00. The number of sulfonamides is 1. The van der Waals surface area contributed by atoms with Gasteiger partial charge in [0.05, 0.1) is 17.3 Å². The second kappa shape index (κ2) is 10.3. The zero-order valence-electron chi connectivity index (χ0n) is 15.3. The van der Waals surface area contributed by atoms with Gasteiger partial charge in [0, 0.05) is 7.05 Å². The maximum absolute atomic E-state index is 12.0. The molecular weight excluding hydrogens is 442 g/mol. The van der Waals surface area contributed by atoms with E-state index >= 15 is 0 Å². The van der Waals surface area contributed by atoms with Crippen LogP contribution >= 0.6 is 22.9 Å².